The van der Waals surface area contributed by atoms with E-state index in [-0.39, 0.29) is 23.7 Å². The lowest BCUT2D eigenvalue weighted by atomic mass is 10.1. The molecule has 1 aliphatic rings. The van der Waals surface area contributed by atoms with Gasteiger partial charge in [-0.1, -0.05) is 12.1 Å². The van der Waals surface area contributed by atoms with Crippen molar-refractivity contribution in [2.75, 3.05) is 5.32 Å². The van der Waals surface area contributed by atoms with Gasteiger partial charge in [-0.3, -0.25) is 9.59 Å². The van der Waals surface area contributed by atoms with Gasteiger partial charge in [-0.05, 0) is 54.3 Å². The van der Waals surface area contributed by atoms with Gasteiger partial charge in [-0.15, -0.1) is 0 Å². The number of hydrogen-bond donors (Lipinski definition) is 2. The molecule has 23 heavy (non-hydrogen) atoms. The van der Waals surface area contributed by atoms with E-state index in [9.17, 15) is 14.0 Å². The van der Waals surface area contributed by atoms with Crippen molar-refractivity contribution in [1.82, 2.24) is 5.32 Å². The molecule has 118 valence electrons. The second-order valence-electron chi connectivity index (χ2n) is 5.63. The number of rotatable bonds is 3. The quantitative estimate of drug-likeness (QED) is 0.914. The van der Waals surface area contributed by atoms with Crippen LogP contribution in [0.1, 0.15) is 40.9 Å². The van der Waals surface area contributed by atoms with Crippen molar-refractivity contribution in [1.29, 1.82) is 0 Å². The molecule has 0 saturated heterocycles. The maximum absolute atomic E-state index is 13.7. The molecule has 4 nitrogen and oxygen atoms in total. The minimum absolute atomic E-state index is 0.160. The number of nitrogens with one attached hydrogen (secondary N) is 2. The number of fused-ring (bicyclic) bond motifs is 1. The number of carbonyl (C=O) groups excluding carboxylic acids is 2. The van der Waals surface area contributed by atoms with Crippen molar-refractivity contribution in [2.24, 2.45) is 0 Å². The Morgan fingerprint density at radius 3 is 2.57 bits per heavy atom. The van der Waals surface area contributed by atoms with Crippen LogP contribution in [0.3, 0.4) is 0 Å². The van der Waals surface area contributed by atoms with Gasteiger partial charge in [-0.2, -0.15) is 0 Å². The third-order valence-electron chi connectivity index (χ3n) is 3.99. The van der Waals surface area contributed by atoms with E-state index >= 15 is 0 Å². The highest BCUT2D eigenvalue weighted by Crippen LogP contribution is 2.32. The molecule has 0 radical (unpaired) electrons. The van der Waals surface area contributed by atoms with Crippen molar-refractivity contribution >= 4 is 17.5 Å². The molecule has 1 atom stereocenters. The molecule has 2 aromatic rings. The van der Waals surface area contributed by atoms with Gasteiger partial charge in [0.25, 0.3) is 5.91 Å². The third kappa shape index (κ3) is 3.23. The Morgan fingerprint density at radius 2 is 1.87 bits per heavy atom. The summed E-state index contributed by atoms with van der Waals surface area (Å²) < 4.78 is 13.7. The summed E-state index contributed by atoms with van der Waals surface area (Å²) in [4.78, 5) is 23.3. The average Bonchev–Trinajstić information content (AvgIpc) is 2.92. The van der Waals surface area contributed by atoms with Crippen LogP contribution >= 0.6 is 0 Å². The summed E-state index contributed by atoms with van der Waals surface area (Å²) in [5.74, 6) is -0.577. The Labute approximate surface area is 133 Å². The molecule has 0 saturated carbocycles. The fraction of sp³-hybridized carbons (Fsp3) is 0.222. The first-order valence-corrected chi connectivity index (χ1v) is 7.50. The third-order valence-corrected chi connectivity index (χ3v) is 3.99. The molecular weight excluding hydrogens is 295 g/mol. The molecule has 1 aliphatic carbocycles. The largest absolute Gasteiger partial charge is 0.345 e. The number of halogens is 1. The van der Waals surface area contributed by atoms with Crippen LogP contribution in [0.25, 0.3) is 0 Å². The molecule has 0 fully saturated rings. The number of amides is 2. The normalized spacial score (nSPS) is 15.8. The zero-order valence-corrected chi connectivity index (χ0v) is 12.7. The van der Waals surface area contributed by atoms with Crippen molar-refractivity contribution in [2.45, 2.75) is 25.8 Å². The lowest BCUT2D eigenvalue weighted by Crippen LogP contribution is -2.27. The van der Waals surface area contributed by atoms with Gasteiger partial charge in [0.2, 0.25) is 5.91 Å². The number of hydrogen-bond acceptors (Lipinski definition) is 2. The van der Waals surface area contributed by atoms with E-state index < -0.39 is 0 Å². The molecule has 2 aromatic carbocycles. The van der Waals surface area contributed by atoms with Crippen LogP contribution in [0.5, 0.6) is 0 Å². The molecular formula is C18H17FN2O2. The zero-order chi connectivity index (χ0) is 16.4. The van der Waals surface area contributed by atoms with Gasteiger partial charge in [0.15, 0.2) is 0 Å². The topological polar surface area (TPSA) is 58.2 Å². The first kappa shape index (κ1) is 15.2. The standard InChI is InChI=1S/C18H17FN2O2/c1-11(22)20-13-7-5-12(6-8-13)18(23)21-17-10-9-14-15(17)3-2-4-16(14)19/h2-8,17H,9-10H2,1H3,(H,20,22)(H,21,23). The lowest BCUT2D eigenvalue weighted by Gasteiger charge is -2.14. The summed E-state index contributed by atoms with van der Waals surface area (Å²) in [5, 5.41) is 5.60. The van der Waals surface area contributed by atoms with Crippen molar-refractivity contribution in [3.63, 3.8) is 0 Å². The molecule has 3 rings (SSSR count). The molecule has 0 aliphatic heterocycles. The number of carbonyl (C=O) groups is 2. The molecule has 5 heteroatoms. The van der Waals surface area contributed by atoms with Crippen molar-refractivity contribution in [3.05, 3.63) is 65.0 Å². The van der Waals surface area contributed by atoms with Gasteiger partial charge in [0.05, 0.1) is 6.04 Å². The number of benzene rings is 2. The van der Waals surface area contributed by atoms with Gasteiger partial charge in [-0.25, -0.2) is 4.39 Å². The van der Waals surface area contributed by atoms with E-state index in [1.807, 2.05) is 6.07 Å². The summed E-state index contributed by atoms with van der Waals surface area (Å²) in [6.07, 6.45) is 1.33. The Kier molecular flexibility index (Phi) is 4.10. The molecule has 0 bridgehead atoms. The average molecular weight is 312 g/mol. The summed E-state index contributed by atoms with van der Waals surface area (Å²) in [5.41, 5.74) is 2.69. The van der Waals surface area contributed by atoms with E-state index in [0.717, 1.165) is 5.56 Å². The fourth-order valence-electron chi connectivity index (χ4n) is 2.91. The van der Waals surface area contributed by atoms with E-state index in [4.69, 9.17) is 0 Å². The van der Waals surface area contributed by atoms with Crippen LogP contribution in [0.4, 0.5) is 10.1 Å². The van der Waals surface area contributed by atoms with Crippen LogP contribution in [0.15, 0.2) is 42.5 Å². The predicted molar refractivity (Wildman–Crippen MR) is 85.7 cm³/mol. The summed E-state index contributed by atoms with van der Waals surface area (Å²) in [6.45, 7) is 1.43. The summed E-state index contributed by atoms with van der Waals surface area (Å²) in [6, 6.07) is 11.5. The first-order chi connectivity index (χ1) is 11.0. The van der Waals surface area contributed by atoms with E-state index in [2.05, 4.69) is 10.6 Å². The summed E-state index contributed by atoms with van der Waals surface area (Å²) >= 11 is 0. The van der Waals surface area contributed by atoms with Gasteiger partial charge < -0.3 is 10.6 Å². The highest BCUT2D eigenvalue weighted by atomic mass is 19.1. The number of anilines is 1. The van der Waals surface area contributed by atoms with Crippen LogP contribution in [0.2, 0.25) is 0 Å². The first-order valence-electron chi connectivity index (χ1n) is 7.50. The maximum atomic E-state index is 13.7. The molecule has 2 N–H and O–H groups in total. The molecule has 0 heterocycles. The summed E-state index contributed by atoms with van der Waals surface area (Å²) in [7, 11) is 0. The van der Waals surface area contributed by atoms with E-state index in [0.29, 0.717) is 29.7 Å². The van der Waals surface area contributed by atoms with Crippen LogP contribution < -0.4 is 10.6 Å². The van der Waals surface area contributed by atoms with Crippen LogP contribution in [-0.4, -0.2) is 11.8 Å². The zero-order valence-electron chi connectivity index (χ0n) is 12.7. The molecule has 2 amide bonds. The molecule has 0 spiro atoms. The minimum atomic E-state index is -0.209. The van der Waals surface area contributed by atoms with Gasteiger partial charge >= 0.3 is 0 Å². The second-order valence-corrected chi connectivity index (χ2v) is 5.63. The Bertz CT molecular complexity index is 756. The van der Waals surface area contributed by atoms with E-state index in [1.165, 1.54) is 13.0 Å². The Hall–Kier alpha value is -2.69. The molecule has 0 aromatic heterocycles. The van der Waals surface area contributed by atoms with Gasteiger partial charge in [0.1, 0.15) is 5.82 Å². The van der Waals surface area contributed by atoms with Gasteiger partial charge in [0, 0.05) is 18.2 Å². The van der Waals surface area contributed by atoms with Crippen LogP contribution in [0, 0.1) is 5.82 Å². The smallest absolute Gasteiger partial charge is 0.251 e. The van der Waals surface area contributed by atoms with Crippen molar-refractivity contribution < 1.29 is 14.0 Å². The second kappa shape index (κ2) is 6.20. The highest BCUT2D eigenvalue weighted by molar-refractivity contribution is 5.95. The Morgan fingerprint density at radius 1 is 1.13 bits per heavy atom. The minimum Gasteiger partial charge on any atom is -0.345 e. The fourth-order valence-corrected chi connectivity index (χ4v) is 2.91. The van der Waals surface area contributed by atoms with Crippen LogP contribution in [-0.2, 0) is 11.2 Å². The Balaban J connectivity index is 1.71. The van der Waals surface area contributed by atoms with E-state index in [1.54, 1.807) is 30.3 Å². The SMILES string of the molecule is CC(=O)Nc1ccc(C(=O)NC2CCc3c(F)cccc32)cc1. The molecule has 1 unspecified atom stereocenters. The van der Waals surface area contributed by atoms with Crippen molar-refractivity contribution in [3.8, 4) is 0 Å². The maximum Gasteiger partial charge on any atom is 0.251 e. The monoisotopic (exact) mass is 312 g/mol. The predicted octanol–water partition coefficient (Wildman–Crippen LogP) is 3.20. The lowest BCUT2D eigenvalue weighted by molar-refractivity contribution is -0.114. The highest BCUT2D eigenvalue weighted by Gasteiger charge is 2.26.